The van der Waals surface area contributed by atoms with Gasteiger partial charge in [-0.15, -0.1) is 12.4 Å². The predicted octanol–water partition coefficient (Wildman–Crippen LogP) is 2.21. The Morgan fingerprint density at radius 3 is 2.52 bits per heavy atom. The van der Waals surface area contributed by atoms with Crippen LogP contribution in [0.1, 0.15) is 38.3 Å². The minimum atomic E-state index is -0.561. The Hall–Kier alpha value is -1.14. The van der Waals surface area contributed by atoms with Crippen molar-refractivity contribution in [2.75, 3.05) is 26.2 Å². The molecule has 2 N–H and O–H groups in total. The number of nitrogens with two attached hydrogens (primary N) is 1. The Morgan fingerprint density at radius 2 is 1.88 bits per heavy atom. The summed E-state index contributed by atoms with van der Waals surface area (Å²) in [6.07, 6.45) is 2.64. The molecule has 1 aromatic rings. The van der Waals surface area contributed by atoms with Crippen LogP contribution in [0, 0.1) is 0 Å². The molecule has 0 radical (unpaired) electrons. The van der Waals surface area contributed by atoms with Gasteiger partial charge < -0.3 is 15.4 Å². The summed E-state index contributed by atoms with van der Waals surface area (Å²) >= 11 is 0. The molecule has 2 heterocycles. The van der Waals surface area contributed by atoms with Crippen LogP contribution in [0.4, 0.5) is 0 Å². The molecule has 0 saturated carbocycles. The van der Waals surface area contributed by atoms with Crippen molar-refractivity contribution < 1.29 is 9.53 Å². The fourth-order valence-electron chi connectivity index (χ4n) is 4.03. The third kappa shape index (κ3) is 4.94. The van der Waals surface area contributed by atoms with Gasteiger partial charge in [0.1, 0.15) is 6.04 Å². The first-order valence-corrected chi connectivity index (χ1v) is 9.03. The smallest absolute Gasteiger partial charge is 0.244 e. The zero-order valence-electron chi connectivity index (χ0n) is 15.1. The molecule has 3 rings (SSSR count). The molecule has 0 aromatic heterocycles. The van der Waals surface area contributed by atoms with Gasteiger partial charge in [0.05, 0.1) is 12.2 Å². The van der Waals surface area contributed by atoms with Crippen molar-refractivity contribution in [3.8, 4) is 0 Å². The largest absolute Gasteiger partial charge is 0.373 e. The van der Waals surface area contributed by atoms with Gasteiger partial charge in [-0.1, -0.05) is 30.3 Å². The fourth-order valence-corrected chi connectivity index (χ4v) is 4.03. The first kappa shape index (κ1) is 20.2. The van der Waals surface area contributed by atoms with E-state index < -0.39 is 6.04 Å². The number of nitrogens with zero attached hydrogens (tertiary/aromatic N) is 2. The second-order valence-electron chi connectivity index (χ2n) is 7.19. The van der Waals surface area contributed by atoms with Crippen molar-refractivity contribution in [1.29, 1.82) is 0 Å². The van der Waals surface area contributed by atoms with Gasteiger partial charge in [0.25, 0.3) is 0 Å². The minimum absolute atomic E-state index is 0. The summed E-state index contributed by atoms with van der Waals surface area (Å²) in [5, 5.41) is 0. The van der Waals surface area contributed by atoms with E-state index in [0.717, 1.165) is 44.6 Å². The number of amides is 1. The molecule has 2 aliphatic rings. The second-order valence-corrected chi connectivity index (χ2v) is 7.19. The number of halogens is 1. The topological polar surface area (TPSA) is 58.8 Å². The van der Waals surface area contributed by atoms with Crippen LogP contribution in [0.2, 0.25) is 0 Å². The Labute approximate surface area is 156 Å². The number of likely N-dealkylation sites (tertiary alicyclic amines) is 1. The maximum Gasteiger partial charge on any atom is 0.244 e. The highest BCUT2D eigenvalue weighted by atomic mass is 35.5. The van der Waals surface area contributed by atoms with Crippen LogP contribution in [-0.2, 0) is 9.53 Å². The third-order valence-electron chi connectivity index (χ3n) is 5.05. The molecule has 25 heavy (non-hydrogen) atoms. The second kappa shape index (κ2) is 8.99. The van der Waals surface area contributed by atoms with Crippen molar-refractivity contribution >= 4 is 18.3 Å². The molecule has 6 heteroatoms. The molecule has 2 saturated heterocycles. The predicted molar refractivity (Wildman–Crippen MR) is 102 cm³/mol. The summed E-state index contributed by atoms with van der Waals surface area (Å²) < 4.78 is 5.81. The van der Waals surface area contributed by atoms with Gasteiger partial charge in [-0.3, -0.25) is 9.69 Å². The summed E-state index contributed by atoms with van der Waals surface area (Å²) in [5.74, 6) is 0.0538. The minimum Gasteiger partial charge on any atom is -0.373 e. The molecule has 0 spiro atoms. The average molecular weight is 368 g/mol. The maximum atomic E-state index is 12.9. The zero-order chi connectivity index (χ0) is 17.1. The van der Waals surface area contributed by atoms with E-state index in [1.54, 1.807) is 0 Å². The van der Waals surface area contributed by atoms with E-state index in [2.05, 4.69) is 18.7 Å². The zero-order valence-corrected chi connectivity index (χ0v) is 16.0. The van der Waals surface area contributed by atoms with Crippen LogP contribution in [0.25, 0.3) is 0 Å². The van der Waals surface area contributed by atoms with Crippen molar-refractivity contribution in [2.45, 2.75) is 51.0 Å². The van der Waals surface area contributed by atoms with E-state index >= 15 is 0 Å². The van der Waals surface area contributed by atoms with Gasteiger partial charge in [0, 0.05) is 32.2 Å². The normalized spacial score (nSPS) is 28.4. The van der Waals surface area contributed by atoms with E-state index in [-0.39, 0.29) is 36.6 Å². The van der Waals surface area contributed by atoms with E-state index in [0.29, 0.717) is 0 Å². The van der Waals surface area contributed by atoms with Crippen LogP contribution in [0.15, 0.2) is 30.3 Å². The highest BCUT2D eigenvalue weighted by Gasteiger charge is 2.34. The highest BCUT2D eigenvalue weighted by molar-refractivity contribution is 5.85. The Morgan fingerprint density at radius 1 is 1.24 bits per heavy atom. The van der Waals surface area contributed by atoms with Crippen LogP contribution < -0.4 is 5.73 Å². The van der Waals surface area contributed by atoms with Crippen molar-refractivity contribution in [1.82, 2.24) is 9.80 Å². The SMILES string of the molecule is CC1CN(CC2CCCN2C(=O)C(N)c2ccccc2)CC(C)O1.Cl. The summed E-state index contributed by atoms with van der Waals surface area (Å²) in [7, 11) is 0. The first-order valence-electron chi connectivity index (χ1n) is 9.03. The van der Waals surface area contributed by atoms with Gasteiger partial charge in [0.2, 0.25) is 5.91 Å². The van der Waals surface area contributed by atoms with E-state index in [1.807, 2.05) is 35.2 Å². The number of carbonyl (C=O) groups excluding carboxylic acids is 1. The quantitative estimate of drug-likeness (QED) is 0.886. The summed E-state index contributed by atoms with van der Waals surface area (Å²) in [5.41, 5.74) is 7.12. The molecule has 1 amide bonds. The molecule has 1 aromatic carbocycles. The summed E-state index contributed by atoms with van der Waals surface area (Å²) in [6, 6.07) is 9.37. The van der Waals surface area contributed by atoms with Crippen LogP contribution >= 0.6 is 12.4 Å². The molecule has 0 aliphatic carbocycles. The van der Waals surface area contributed by atoms with Gasteiger partial charge in [-0.05, 0) is 32.3 Å². The number of benzene rings is 1. The van der Waals surface area contributed by atoms with Crippen molar-refractivity contribution in [3.63, 3.8) is 0 Å². The molecule has 140 valence electrons. The standard InChI is InChI=1S/C19H29N3O2.ClH/c1-14-11-21(12-15(2)24-14)13-17-9-6-10-22(17)19(23)18(20)16-7-4-3-5-8-16;/h3-5,7-8,14-15,17-18H,6,9-13,20H2,1-2H3;1H. The molecule has 2 aliphatic heterocycles. The number of hydrogen-bond donors (Lipinski definition) is 1. The maximum absolute atomic E-state index is 12.9. The van der Waals surface area contributed by atoms with Crippen molar-refractivity contribution in [2.24, 2.45) is 5.73 Å². The molecule has 0 bridgehead atoms. The average Bonchev–Trinajstić information content (AvgIpc) is 3.01. The molecule has 2 fully saturated rings. The lowest BCUT2D eigenvalue weighted by atomic mass is 10.1. The van der Waals surface area contributed by atoms with Gasteiger partial charge >= 0.3 is 0 Å². The van der Waals surface area contributed by atoms with Crippen molar-refractivity contribution in [3.05, 3.63) is 35.9 Å². The van der Waals surface area contributed by atoms with Crippen LogP contribution in [0.5, 0.6) is 0 Å². The van der Waals surface area contributed by atoms with Gasteiger partial charge in [-0.25, -0.2) is 0 Å². The van der Waals surface area contributed by atoms with E-state index in [9.17, 15) is 4.79 Å². The Kier molecular flexibility index (Phi) is 7.25. The number of hydrogen-bond acceptors (Lipinski definition) is 4. The van der Waals surface area contributed by atoms with E-state index in [4.69, 9.17) is 10.5 Å². The summed E-state index contributed by atoms with van der Waals surface area (Å²) in [6.45, 7) is 7.85. The van der Waals surface area contributed by atoms with Gasteiger partial charge in [-0.2, -0.15) is 0 Å². The number of carbonyl (C=O) groups is 1. The molecule has 4 atom stereocenters. The lowest BCUT2D eigenvalue weighted by molar-refractivity contribution is -0.134. The molecular formula is C19H30ClN3O2. The monoisotopic (exact) mass is 367 g/mol. The third-order valence-corrected chi connectivity index (χ3v) is 5.05. The van der Waals surface area contributed by atoms with Gasteiger partial charge in [0.15, 0.2) is 0 Å². The summed E-state index contributed by atoms with van der Waals surface area (Å²) in [4.78, 5) is 17.3. The first-order chi connectivity index (χ1) is 11.5. The fraction of sp³-hybridized carbons (Fsp3) is 0.632. The number of morpholine rings is 1. The lowest BCUT2D eigenvalue weighted by Gasteiger charge is -2.38. The van der Waals surface area contributed by atoms with Crippen LogP contribution in [0.3, 0.4) is 0 Å². The molecule has 4 unspecified atom stereocenters. The van der Waals surface area contributed by atoms with Crippen LogP contribution in [-0.4, -0.2) is 60.1 Å². The Bertz CT molecular complexity index is 547. The van der Waals surface area contributed by atoms with E-state index in [1.165, 1.54) is 0 Å². The highest BCUT2D eigenvalue weighted by Crippen LogP contribution is 2.24. The number of rotatable bonds is 4. The molecular weight excluding hydrogens is 338 g/mol. The Balaban J connectivity index is 0.00000225. The lowest BCUT2D eigenvalue weighted by Crippen LogP contribution is -2.51. The molecule has 5 nitrogen and oxygen atoms in total. The number of ether oxygens (including phenoxy) is 1.